The van der Waals surface area contributed by atoms with E-state index in [4.69, 9.17) is 9.72 Å². The molecular formula is C32H35F2N7O2. The number of phenols is 1. The van der Waals surface area contributed by atoms with E-state index in [1.807, 2.05) is 0 Å². The Balaban J connectivity index is 1.17. The lowest BCUT2D eigenvalue weighted by atomic mass is 9.95. The summed E-state index contributed by atoms with van der Waals surface area (Å²) in [6, 6.07) is 6.22. The minimum atomic E-state index is -0.867. The smallest absolute Gasteiger partial charge is 0.319 e. The van der Waals surface area contributed by atoms with Crippen molar-refractivity contribution in [2.75, 3.05) is 37.7 Å². The number of rotatable bonds is 5. The molecule has 4 atom stereocenters. The molecule has 1 aromatic carbocycles. The molecular weight excluding hydrogens is 552 g/mol. The predicted octanol–water partition coefficient (Wildman–Crippen LogP) is 4.33. The first-order chi connectivity index (χ1) is 20.9. The lowest BCUT2D eigenvalue weighted by Crippen LogP contribution is -2.51. The molecule has 2 bridgehead atoms. The quantitative estimate of drug-likeness (QED) is 0.357. The number of fused-ring (bicyclic) bond motifs is 7. The Bertz CT molecular complexity index is 1770. The van der Waals surface area contributed by atoms with Gasteiger partial charge in [-0.2, -0.15) is 9.97 Å². The molecule has 0 aliphatic carbocycles. The molecule has 0 saturated carbocycles. The Morgan fingerprint density at radius 1 is 1.07 bits per heavy atom. The molecule has 3 aromatic heterocycles. The van der Waals surface area contributed by atoms with Crippen LogP contribution in [-0.4, -0.2) is 86.1 Å². The number of halogens is 2. The molecule has 0 amide bonds. The maximum atomic E-state index is 16.8. The van der Waals surface area contributed by atoms with Gasteiger partial charge in [0.25, 0.3) is 0 Å². The summed E-state index contributed by atoms with van der Waals surface area (Å²) < 4.78 is 39.7. The summed E-state index contributed by atoms with van der Waals surface area (Å²) in [5, 5.41) is 15.7. The van der Waals surface area contributed by atoms with Crippen molar-refractivity contribution in [3.63, 3.8) is 0 Å². The first kappa shape index (κ1) is 25.9. The second-order valence-electron chi connectivity index (χ2n) is 13.2. The Hall–Kier alpha value is -3.57. The van der Waals surface area contributed by atoms with Crippen LogP contribution in [0.25, 0.3) is 33.1 Å². The van der Waals surface area contributed by atoms with E-state index in [1.165, 1.54) is 5.69 Å². The summed E-state index contributed by atoms with van der Waals surface area (Å²) >= 11 is 0. The standard InChI is InChI=1S/C32H35F2N7O2/c33-19-12-32(6-2-7-40(32)14-19)17-43-31-37-28-25(30(38-31)39-15-20-4-5-21(16-39)36-20)13-35-27(26(28)34)24-11-23(42)10-18-9-22-3-1-8-41(22)29(18)24/h9-11,13,19-21,36,42H,1-8,12,14-17H2/t19-,20-,21+,32+/m1/s1. The van der Waals surface area contributed by atoms with Gasteiger partial charge in [0.2, 0.25) is 0 Å². The molecule has 9 nitrogen and oxygen atoms in total. The Labute approximate surface area is 247 Å². The van der Waals surface area contributed by atoms with E-state index in [0.717, 1.165) is 75.6 Å². The average molecular weight is 588 g/mol. The third-order valence-corrected chi connectivity index (χ3v) is 10.5. The number of hydrogen-bond acceptors (Lipinski definition) is 8. The second-order valence-corrected chi connectivity index (χ2v) is 13.2. The highest BCUT2D eigenvalue weighted by molar-refractivity contribution is 5.99. The normalized spacial score (nSPS) is 28.3. The van der Waals surface area contributed by atoms with Crippen LogP contribution >= 0.6 is 0 Å². The van der Waals surface area contributed by atoms with Crippen LogP contribution < -0.4 is 15.0 Å². The number of aromatic hydroxyl groups is 1. The second kappa shape index (κ2) is 9.46. The van der Waals surface area contributed by atoms with Crippen molar-refractivity contribution in [2.45, 2.75) is 75.3 Å². The Morgan fingerprint density at radius 3 is 2.79 bits per heavy atom. The fraction of sp³-hybridized carbons (Fsp3) is 0.531. The van der Waals surface area contributed by atoms with E-state index in [2.05, 4.69) is 35.7 Å². The van der Waals surface area contributed by atoms with Gasteiger partial charge in [-0.3, -0.25) is 9.88 Å². The first-order valence-corrected chi connectivity index (χ1v) is 15.7. The summed E-state index contributed by atoms with van der Waals surface area (Å²) in [7, 11) is 0. The van der Waals surface area contributed by atoms with Crippen molar-refractivity contribution in [3.8, 4) is 23.0 Å². The number of alkyl halides is 1. The highest BCUT2D eigenvalue weighted by atomic mass is 19.1. The molecule has 0 radical (unpaired) electrons. The zero-order valence-corrected chi connectivity index (χ0v) is 24.0. The van der Waals surface area contributed by atoms with Gasteiger partial charge in [-0.25, -0.2) is 8.78 Å². The molecule has 4 aromatic rings. The number of nitrogens with zero attached hydrogens (tertiary/aromatic N) is 6. The average Bonchev–Trinajstić information content (AvgIpc) is 3.79. The third kappa shape index (κ3) is 4.03. The molecule has 5 aliphatic heterocycles. The van der Waals surface area contributed by atoms with Gasteiger partial charge in [0.1, 0.15) is 35.6 Å². The topological polar surface area (TPSA) is 91.6 Å². The summed E-state index contributed by atoms with van der Waals surface area (Å²) in [4.78, 5) is 18.6. The van der Waals surface area contributed by atoms with Gasteiger partial charge in [0, 0.05) is 67.5 Å². The van der Waals surface area contributed by atoms with Crippen molar-refractivity contribution in [1.82, 2.24) is 29.7 Å². The molecule has 4 saturated heterocycles. The van der Waals surface area contributed by atoms with Crippen LogP contribution in [0, 0.1) is 5.82 Å². The van der Waals surface area contributed by atoms with Crippen LogP contribution in [0.1, 0.15) is 44.2 Å². The molecule has 224 valence electrons. The van der Waals surface area contributed by atoms with Gasteiger partial charge in [-0.15, -0.1) is 0 Å². The number of ether oxygens (including phenoxy) is 1. The van der Waals surface area contributed by atoms with Gasteiger partial charge >= 0.3 is 6.01 Å². The van der Waals surface area contributed by atoms with E-state index >= 15 is 4.39 Å². The largest absolute Gasteiger partial charge is 0.508 e. The maximum Gasteiger partial charge on any atom is 0.319 e. The highest BCUT2D eigenvalue weighted by Gasteiger charge is 2.49. The molecule has 43 heavy (non-hydrogen) atoms. The van der Waals surface area contributed by atoms with Crippen molar-refractivity contribution in [1.29, 1.82) is 0 Å². The van der Waals surface area contributed by atoms with Crippen LogP contribution in [-0.2, 0) is 13.0 Å². The van der Waals surface area contributed by atoms with Crippen LogP contribution in [0.3, 0.4) is 0 Å². The Kier molecular flexibility index (Phi) is 5.70. The maximum absolute atomic E-state index is 16.8. The van der Waals surface area contributed by atoms with Gasteiger partial charge < -0.3 is 24.6 Å². The van der Waals surface area contributed by atoms with Crippen LogP contribution in [0.5, 0.6) is 11.8 Å². The van der Waals surface area contributed by atoms with Crippen molar-refractivity contribution in [3.05, 3.63) is 35.9 Å². The third-order valence-electron chi connectivity index (χ3n) is 10.5. The fourth-order valence-electron chi connectivity index (χ4n) is 8.65. The van der Waals surface area contributed by atoms with E-state index < -0.39 is 12.0 Å². The lowest BCUT2D eigenvalue weighted by Gasteiger charge is -2.34. The summed E-state index contributed by atoms with van der Waals surface area (Å²) in [5.74, 6) is 0.131. The SMILES string of the molecule is Oc1cc(-c2ncc3c(N4C[C@H]5CC[C@@H](C4)N5)nc(OC[C@@]45CCCN4C[C@H](F)C5)nc3c2F)c2c(c1)cc1n2CCC1. The lowest BCUT2D eigenvalue weighted by molar-refractivity contribution is 0.107. The fourth-order valence-corrected chi connectivity index (χ4v) is 8.65. The van der Waals surface area contributed by atoms with Crippen molar-refractivity contribution < 1.29 is 18.6 Å². The predicted molar refractivity (Wildman–Crippen MR) is 159 cm³/mol. The molecule has 2 N–H and O–H groups in total. The van der Waals surface area contributed by atoms with Gasteiger partial charge in [0.05, 0.1) is 16.4 Å². The van der Waals surface area contributed by atoms with E-state index in [1.54, 1.807) is 18.3 Å². The minimum Gasteiger partial charge on any atom is -0.508 e. The molecule has 9 rings (SSSR count). The number of aromatic nitrogens is 4. The first-order valence-electron chi connectivity index (χ1n) is 15.7. The van der Waals surface area contributed by atoms with Crippen LogP contribution in [0.15, 0.2) is 24.4 Å². The number of anilines is 1. The molecule has 8 heterocycles. The number of benzene rings is 1. The Morgan fingerprint density at radius 2 is 1.93 bits per heavy atom. The molecule has 0 spiro atoms. The van der Waals surface area contributed by atoms with E-state index in [0.29, 0.717) is 41.8 Å². The zero-order valence-electron chi connectivity index (χ0n) is 24.0. The van der Waals surface area contributed by atoms with E-state index in [9.17, 15) is 9.50 Å². The van der Waals surface area contributed by atoms with Crippen LogP contribution in [0.2, 0.25) is 0 Å². The summed E-state index contributed by atoms with van der Waals surface area (Å²) in [6.45, 7) is 3.94. The number of pyridine rings is 1. The number of aryl methyl sites for hydroxylation is 2. The minimum absolute atomic E-state index is 0.0693. The number of piperazine rings is 1. The zero-order chi connectivity index (χ0) is 28.9. The summed E-state index contributed by atoms with van der Waals surface area (Å²) in [5.41, 5.74) is 2.54. The highest BCUT2D eigenvalue weighted by Crippen LogP contribution is 2.42. The molecule has 11 heteroatoms. The molecule has 5 aliphatic rings. The van der Waals surface area contributed by atoms with Gasteiger partial charge in [-0.05, 0) is 63.3 Å². The van der Waals surface area contributed by atoms with Crippen LogP contribution in [0.4, 0.5) is 14.6 Å². The molecule has 0 unspecified atom stereocenters. The number of nitrogens with one attached hydrogen (secondary N) is 1. The molecule has 4 fully saturated rings. The van der Waals surface area contributed by atoms with Crippen molar-refractivity contribution >= 4 is 27.6 Å². The van der Waals surface area contributed by atoms with E-state index in [-0.39, 0.29) is 35.1 Å². The number of hydrogen-bond donors (Lipinski definition) is 2. The summed E-state index contributed by atoms with van der Waals surface area (Å²) in [6.07, 6.45) is 7.30. The van der Waals surface area contributed by atoms with Gasteiger partial charge in [-0.1, -0.05) is 0 Å². The number of phenolic OH excluding ortho intramolecular Hbond substituents is 1. The van der Waals surface area contributed by atoms with Gasteiger partial charge in [0.15, 0.2) is 5.82 Å². The monoisotopic (exact) mass is 587 g/mol. The van der Waals surface area contributed by atoms with Crippen molar-refractivity contribution in [2.24, 2.45) is 0 Å².